The molecule has 0 saturated carbocycles. The van der Waals surface area contributed by atoms with Gasteiger partial charge in [-0.3, -0.25) is 0 Å². The maximum atomic E-state index is 5.14. The van der Waals surface area contributed by atoms with Gasteiger partial charge in [-0.1, -0.05) is 37.7 Å². The van der Waals surface area contributed by atoms with Gasteiger partial charge in [-0.2, -0.15) is 0 Å². The van der Waals surface area contributed by atoms with Crippen molar-refractivity contribution >= 4 is 35.5 Å². The summed E-state index contributed by atoms with van der Waals surface area (Å²) in [6.45, 7) is 4.00. The third-order valence-electron chi connectivity index (χ3n) is 2.41. The molecule has 2 aromatic rings. The summed E-state index contributed by atoms with van der Waals surface area (Å²) < 4.78 is 2.45. The smallest absolute Gasteiger partial charge is 0.201 e. The number of anilines is 2. The monoisotopic (exact) mass is 277 g/mol. The van der Waals surface area contributed by atoms with E-state index in [1.54, 1.807) is 11.8 Å². The van der Waals surface area contributed by atoms with E-state index >= 15 is 0 Å². The predicted molar refractivity (Wildman–Crippen MR) is 79.2 cm³/mol. The first-order chi connectivity index (χ1) is 8.74. The van der Waals surface area contributed by atoms with Crippen molar-refractivity contribution in [2.24, 2.45) is 7.05 Å². The maximum absolute atomic E-state index is 5.14. The highest BCUT2D eigenvalue weighted by molar-refractivity contribution is 7.99. The van der Waals surface area contributed by atoms with E-state index < -0.39 is 0 Å². The van der Waals surface area contributed by atoms with Crippen LogP contribution in [-0.4, -0.2) is 9.55 Å². The first kappa shape index (κ1) is 13.1. The molecular formula is C13H15N3S2. The van der Waals surface area contributed by atoms with Gasteiger partial charge in [-0.15, -0.1) is 0 Å². The molecule has 3 rings (SSSR count). The fourth-order valence-corrected chi connectivity index (χ4v) is 2.75. The largest absolute Gasteiger partial charge is 0.338 e. The van der Waals surface area contributed by atoms with E-state index in [0.29, 0.717) is 4.77 Å². The molecule has 94 valence electrons. The Morgan fingerprint density at radius 1 is 1.22 bits per heavy atom. The predicted octanol–water partition coefficient (Wildman–Crippen LogP) is 4.38. The van der Waals surface area contributed by atoms with Crippen molar-refractivity contribution < 1.29 is 0 Å². The van der Waals surface area contributed by atoms with Crippen molar-refractivity contribution in [2.45, 2.75) is 23.6 Å². The van der Waals surface area contributed by atoms with Gasteiger partial charge in [0.2, 0.25) is 4.77 Å². The summed E-state index contributed by atoms with van der Waals surface area (Å²) in [5.41, 5.74) is 1.09. The second-order valence-electron chi connectivity index (χ2n) is 3.57. The zero-order valence-corrected chi connectivity index (χ0v) is 12.2. The van der Waals surface area contributed by atoms with Gasteiger partial charge in [0.25, 0.3) is 0 Å². The summed E-state index contributed by atoms with van der Waals surface area (Å²) in [6.07, 6.45) is 2.01. The molecule has 0 atom stereocenters. The van der Waals surface area contributed by atoms with E-state index in [9.17, 15) is 0 Å². The van der Waals surface area contributed by atoms with Crippen LogP contribution in [0.1, 0.15) is 13.8 Å². The number of nitrogens with one attached hydrogen (secondary N) is 1. The molecule has 0 fully saturated rings. The van der Waals surface area contributed by atoms with Crippen molar-refractivity contribution in [2.75, 3.05) is 5.32 Å². The second kappa shape index (κ2) is 5.54. The first-order valence-electron chi connectivity index (χ1n) is 5.85. The van der Waals surface area contributed by atoms with E-state index in [4.69, 9.17) is 12.2 Å². The Morgan fingerprint density at radius 2 is 1.94 bits per heavy atom. The molecule has 1 aromatic heterocycles. The lowest BCUT2D eigenvalue weighted by Gasteiger charge is -2.19. The molecule has 1 aliphatic heterocycles. The number of fused-ring (bicyclic) bond motifs is 2. The Morgan fingerprint density at radius 3 is 2.72 bits per heavy atom. The highest BCUT2D eigenvalue weighted by Crippen LogP contribution is 2.42. The number of rotatable bonds is 0. The van der Waals surface area contributed by atoms with Gasteiger partial charge in [0.1, 0.15) is 5.82 Å². The van der Waals surface area contributed by atoms with Crippen LogP contribution < -0.4 is 5.32 Å². The first-order valence-corrected chi connectivity index (χ1v) is 7.08. The van der Waals surface area contributed by atoms with Gasteiger partial charge in [0, 0.05) is 18.1 Å². The molecule has 0 amide bonds. The molecule has 5 heteroatoms. The number of para-hydroxylation sites is 1. The van der Waals surface area contributed by atoms with Gasteiger partial charge in [0.05, 0.1) is 10.6 Å². The molecule has 0 radical (unpaired) electrons. The van der Waals surface area contributed by atoms with Gasteiger partial charge in [-0.25, -0.2) is 4.98 Å². The number of benzene rings is 1. The third-order valence-corrected chi connectivity index (χ3v) is 3.89. The summed E-state index contributed by atoms with van der Waals surface area (Å²) in [5.74, 6) is 0.854. The summed E-state index contributed by atoms with van der Waals surface area (Å²) >= 11 is 6.85. The van der Waals surface area contributed by atoms with Gasteiger partial charge in [0.15, 0.2) is 0 Å². The van der Waals surface area contributed by atoms with E-state index in [1.165, 1.54) is 4.90 Å². The third kappa shape index (κ3) is 2.42. The molecule has 2 heterocycles. The van der Waals surface area contributed by atoms with Crippen LogP contribution in [0.5, 0.6) is 0 Å². The normalized spacial score (nSPS) is 11.5. The van der Waals surface area contributed by atoms with E-state index in [2.05, 4.69) is 16.4 Å². The summed E-state index contributed by atoms with van der Waals surface area (Å²) in [4.78, 5) is 6.68. The van der Waals surface area contributed by atoms with Crippen LogP contribution >= 0.6 is 24.0 Å². The molecule has 1 aliphatic rings. The summed E-state index contributed by atoms with van der Waals surface area (Å²) in [6, 6.07) is 8.18. The standard InChI is InChI=1S/C11H9N3S2.C2H6/c1-14-6-9-10(13-11(14)15)12-7-4-2-3-5-8(7)16-9;1-2/h2-6H,1H3,(H,12,13,15);1-2H3. The summed E-state index contributed by atoms with van der Waals surface area (Å²) in [7, 11) is 1.91. The minimum absolute atomic E-state index is 0.589. The van der Waals surface area contributed by atoms with Crippen molar-refractivity contribution in [3.05, 3.63) is 35.2 Å². The lowest BCUT2D eigenvalue weighted by Crippen LogP contribution is -2.06. The van der Waals surface area contributed by atoms with E-state index in [1.807, 2.05) is 49.9 Å². The lowest BCUT2D eigenvalue weighted by molar-refractivity contribution is 0.821. The number of nitrogens with zero attached hydrogens (tertiary/aromatic N) is 2. The van der Waals surface area contributed by atoms with Crippen LogP contribution in [0.2, 0.25) is 0 Å². The van der Waals surface area contributed by atoms with Crippen LogP contribution in [0.25, 0.3) is 0 Å². The zero-order chi connectivity index (χ0) is 13.1. The minimum Gasteiger partial charge on any atom is -0.338 e. The number of hydrogen-bond donors (Lipinski definition) is 1. The highest BCUT2D eigenvalue weighted by atomic mass is 32.2. The number of aryl methyl sites for hydroxylation is 1. The van der Waals surface area contributed by atoms with Gasteiger partial charge >= 0.3 is 0 Å². The molecule has 1 aromatic carbocycles. The van der Waals surface area contributed by atoms with E-state index in [-0.39, 0.29) is 0 Å². The average Bonchev–Trinajstić information content (AvgIpc) is 2.40. The van der Waals surface area contributed by atoms with Crippen LogP contribution in [0.3, 0.4) is 0 Å². The molecule has 0 spiro atoms. The Labute approximate surface area is 116 Å². The van der Waals surface area contributed by atoms with Crippen molar-refractivity contribution in [1.29, 1.82) is 0 Å². The molecule has 1 N–H and O–H groups in total. The Bertz CT molecular complexity index is 620. The van der Waals surface area contributed by atoms with Crippen molar-refractivity contribution in [1.82, 2.24) is 9.55 Å². The van der Waals surface area contributed by atoms with Crippen molar-refractivity contribution in [3.8, 4) is 0 Å². The van der Waals surface area contributed by atoms with Gasteiger partial charge in [-0.05, 0) is 24.4 Å². The Kier molecular flexibility index (Phi) is 4.04. The van der Waals surface area contributed by atoms with Crippen LogP contribution in [0, 0.1) is 4.77 Å². The summed E-state index contributed by atoms with van der Waals surface area (Å²) in [5, 5.41) is 3.30. The molecule has 0 saturated heterocycles. The van der Waals surface area contributed by atoms with Crippen LogP contribution in [-0.2, 0) is 7.05 Å². The molecule has 0 aliphatic carbocycles. The number of aromatic nitrogens is 2. The topological polar surface area (TPSA) is 29.9 Å². The van der Waals surface area contributed by atoms with Gasteiger partial charge < -0.3 is 9.88 Å². The quantitative estimate of drug-likeness (QED) is 0.617. The lowest BCUT2D eigenvalue weighted by atomic mass is 10.3. The fraction of sp³-hybridized carbons (Fsp3) is 0.231. The van der Waals surface area contributed by atoms with E-state index in [0.717, 1.165) is 16.4 Å². The van der Waals surface area contributed by atoms with Crippen molar-refractivity contribution in [3.63, 3.8) is 0 Å². The SMILES string of the molecule is CC.Cn1cc2c(nc1=S)Nc1ccccc1S2. The molecule has 0 bridgehead atoms. The van der Waals surface area contributed by atoms with Crippen LogP contribution in [0.4, 0.5) is 11.5 Å². The average molecular weight is 277 g/mol. The molecule has 18 heavy (non-hydrogen) atoms. The Hall–Kier alpha value is -1.33. The maximum Gasteiger partial charge on any atom is 0.201 e. The second-order valence-corrected chi connectivity index (χ2v) is 5.02. The zero-order valence-electron chi connectivity index (χ0n) is 10.6. The molecular weight excluding hydrogens is 262 g/mol. The molecule has 0 unspecified atom stereocenters. The Balaban J connectivity index is 0.000000574. The fourth-order valence-electron chi connectivity index (χ4n) is 1.59. The molecule has 3 nitrogen and oxygen atoms in total. The van der Waals surface area contributed by atoms with Crippen LogP contribution in [0.15, 0.2) is 40.3 Å². The minimum atomic E-state index is 0.589. The highest BCUT2D eigenvalue weighted by Gasteiger charge is 2.16. The number of hydrogen-bond acceptors (Lipinski definition) is 4.